The van der Waals surface area contributed by atoms with E-state index in [4.69, 9.17) is 0 Å². The van der Waals surface area contributed by atoms with Crippen molar-refractivity contribution < 1.29 is 13.5 Å². The first-order chi connectivity index (χ1) is 11.4. The van der Waals surface area contributed by atoms with Crippen LogP contribution < -0.4 is 0 Å². The Labute approximate surface area is 140 Å². The van der Waals surface area contributed by atoms with Crippen molar-refractivity contribution in [1.82, 2.24) is 13.9 Å². The molecular formula is C17H19N3O3S. The Morgan fingerprint density at radius 3 is 2.75 bits per heavy atom. The largest absolute Gasteiger partial charge is 0.392 e. The summed E-state index contributed by atoms with van der Waals surface area (Å²) in [5.74, 6) is 0.100. The summed E-state index contributed by atoms with van der Waals surface area (Å²) in [6.07, 6.45) is 5.29. The fourth-order valence-electron chi connectivity index (χ4n) is 4.80. The van der Waals surface area contributed by atoms with Crippen molar-refractivity contribution in [3.63, 3.8) is 0 Å². The van der Waals surface area contributed by atoms with Crippen LogP contribution in [-0.4, -0.2) is 52.8 Å². The SMILES string of the molecule is CS(=O)(=O)N1CC2(C[C@@H](C3c4ccccc4-c4cncn43)[C@H]2O)C1. The quantitative estimate of drug-likeness (QED) is 0.884. The molecular weight excluding hydrogens is 326 g/mol. The van der Waals surface area contributed by atoms with E-state index in [0.29, 0.717) is 13.1 Å². The van der Waals surface area contributed by atoms with Crippen LogP contribution in [0, 0.1) is 11.3 Å². The molecule has 1 aliphatic carbocycles. The molecule has 1 unspecified atom stereocenters. The van der Waals surface area contributed by atoms with E-state index in [1.165, 1.54) is 21.7 Å². The van der Waals surface area contributed by atoms with Crippen LogP contribution in [0.2, 0.25) is 0 Å². The standard InChI is InChI=1S/C17H19N3O3S/c1-24(22,23)19-8-17(9-19)6-13(16(17)21)15-12-5-3-2-4-11(12)14-7-18-10-20(14)15/h2-5,7,10,13,15-16,21H,6,8-9H2,1H3/t13-,15?,16+/m0/s1. The van der Waals surface area contributed by atoms with Gasteiger partial charge < -0.3 is 9.67 Å². The molecule has 3 aliphatic rings. The topological polar surface area (TPSA) is 75.4 Å². The predicted molar refractivity (Wildman–Crippen MR) is 88.8 cm³/mol. The summed E-state index contributed by atoms with van der Waals surface area (Å²) in [7, 11) is -3.15. The first-order valence-corrected chi connectivity index (χ1v) is 10.00. The van der Waals surface area contributed by atoms with E-state index in [0.717, 1.165) is 12.1 Å². The smallest absolute Gasteiger partial charge is 0.211 e. The molecule has 7 heteroatoms. The third-order valence-electron chi connectivity index (χ3n) is 6.05. The molecule has 1 saturated carbocycles. The van der Waals surface area contributed by atoms with Crippen LogP contribution in [-0.2, 0) is 10.0 Å². The number of fused-ring (bicyclic) bond motifs is 3. The summed E-state index contributed by atoms with van der Waals surface area (Å²) in [6, 6.07) is 8.35. The molecule has 0 radical (unpaired) electrons. The lowest BCUT2D eigenvalue weighted by molar-refractivity contribution is -0.183. The number of hydrogen-bond donors (Lipinski definition) is 1. The Bertz CT molecular complexity index is 930. The highest BCUT2D eigenvalue weighted by Crippen LogP contribution is 2.59. The highest BCUT2D eigenvalue weighted by molar-refractivity contribution is 7.88. The number of benzene rings is 1. The summed E-state index contributed by atoms with van der Waals surface area (Å²) in [5, 5.41) is 10.9. The molecule has 1 saturated heterocycles. The fraction of sp³-hybridized carbons (Fsp3) is 0.471. The lowest BCUT2D eigenvalue weighted by Gasteiger charge is -2.62. The number of rotatable bonds is 2. The minimum atomic E-state index is -3.15. The molecule has 3 heterocycles. The third-order valence-corrected chi connectivity index (χ3v) is 7.25. The zero-order valence-corrected chi connectivity index (χ0v) is 14.1. The van der Waals surface area contributed by atoms with E-state index in [-0.39, 0.29) is 17.4 Å². The minimum Gasteiger partial charge on any atom is -0.392 e. The molecule has 24 heavy (non-hydrogen) atoms. The second kappa shape index (κ2) is 4.47. The average molecular weight is 345 g/mol. The Morgan fingerprint density at radius 1 is 1.29 bits per heavy atom. The van der Waals surface area contributed by atoms with E-state index < -0.39 is 16.1 Å². The lowest BCUT2D eigenvalue weighted by atomic mass is 9.53. The Balaban J connectivity index is 1.44. The van der Waals surface area contributed by atoms with Crippen LogP contribution in [0.4, 0.5) is 0 Å². The van der Waals surface area contributed by atoms with Gasteiger partial charge in [-0.25, -0.2) is 17.7 Å². The van der Waals surface area contributed by atoms with Gasteiger partial charge in [0, 0.05) is 30.0 Å². The molecule has 1 aromatic carbocycles. The van der Waals surface area contributed by atoms with Crippen LogP contribution >= 0.6 is 0 Å². The fourth-order valence-corrected chi connectivity index (χ4v) is 5.78. The van der Waals surface area contributed by atoms with Crippen LogP contribution in [0.5, 0.6) is 0 Å². The summed E-state index contributed by atoms with van der Waals surface area (Å²) in [4.78, 5) is 4.27. The monoisotopic (exact) mass is 345 g/mol. The van der Waals surface area contributed by atoms with Gasteiger partial charge in [-0.15, -0.1) is 0 Å². The van der Waals surface area contributed by atoms with E-state index in [9.17, 15) is 13.5 Å². The van der Waals surface area contributed by atoms with Crippen molar-refractivity contribution in [2.75, 3.05) is 19.3 Å². The van der Waals surface area contributed by atoms with Gasteiger partial charge in [0.15, 0.2) is 0 Å². The molecule has 0 amide bonds. The van der Waals surface area contributed by atoms with Crippen LogP contribution in [0.25, 0.3) is 11.3 Å². The van der Waals surface area contributed by atoms with E-state index in [2.05, 4.69) is 21.7 Å². The molecule has 126 valence electrons. The van der Waals surface area contributed by atoms with Gasteiger partial charge in [0.2, 0.25) is 10.0 Å². The number of aliphatic hydroxyl groups is 1. The number of hydrogen-bond acceptors (Lipinski definition) is 4. The lowest BCUT2D eigenvalue weighted by Crippen LogP contribution is -2.71. The maximum atomic E-state index is 11.6. The molecule has 3 atom stereocenters. The predicted octanol–water partition coefficient (Wildman–Crippen LogP) is 1.10. The number of sulfonamides is 1. The highest BCUT2D eigenvalue weighted by Gasteiger charge is 2.63. The zero-order valence-electron chi connectivity index (χ0n) is 13.3. The average Bonchev–Trinajstić information content (AvgIpc) is 3.05. The summed E-state index contributed by atoms with van der Waals surface area (Å²) >= 11 is 0. The number of imidazole rings is 1. The van der Waals surface area contributed by atoms with Crippen molar-refractivity contribution in [2.24, 2.45) is 11.3 Å². The summed E-state index contributed by atoms with van der Waals surface area (Å²) in [6.45, 7) is 0.878. The van der Waals surface area contributed by atoms with E-state index >= 15 is 0 Å². The first-order valence-electron chi connectivity index (χ1n) is 8.15. The number of aromatic nitrogens is 2. The van der Waals surface area contributed by atoms with Crippen molar-refractivity contribution in [1.29, 1.82) is 0 Å². The van der Waals surface area contributed by atoms with Crippen LogP contribution in [0.3, 0.4) is 0 Å². The molecule has 2 fully saturated rings. The number of nitrogens with zero attached hydrogens (tertiary/aromatic N) is 3. The Morgan fingerprint density at radius 2 is 2.04 bits per heavy atom. The summed E-state index contributed by atoms with van der Waals surface area (Å²) in [5.41, 5.74) is 3.24. The van der Waals surface area contributed by atoms with Crippen LogP contribution in [0.15, 0.2) is 36.8 Å². The molecule has 1 spiro atoms. The van der Waals surface area contributed by atoms with Gasteiger partial charge in [-0.3, -0.25) is 0 Å². The Hall–Kier alpha value is -1.70. The van der Waals surface area contributed by atoms with Crippen molar-refractivity contribution in [3.05, 3.63) is 42.4 Å². The highest BCUT2D eigenvalue weighted by atomic mass is 32.2. The van der Waals surface area contributed by atoms with Crippen molar-refractivity contribution in [3.8, 4) is 11.3 Å². The van der Waals surface area contributed by atoms with Crippen molar-refractivity contribution >= 4 is 10.0 Å². The molecule has 2 aliphatic heterocycles. The van der Waals surface area contributed by atoms with Crippen molar-refractivity contribution in [2.45, 2.75) is 18.6 Å². The second-order valence-electron chi connectivity index (χ2n) is 7.42. The summed E-state index contributed by atoms with van der Waals surface area (Å²) < 4.78 is 26.8. The van der Waals surface area contributed by atoms with Gasteiger partial charge in [0.05, 0.1) is 36.6 Å². The Kier molecular flexibility index (Phi) is 2.73. The van der Waals surface area contributed by atoms with Gasteiger partial charge in [-0.1, -0.05) is 24.3 Å². The second-order valence-corrected chi connectivity index (χ2v) is 9.41. The molecule has 5 rings (SSSR count). The third kappa shape index (κ3) is 1.72. The zero-order chi connectivity index (χ0) is 16.7. The molecule has 6 nitrogen and oxygen atoms in total. The van der Waals surface area contributed by atoms with E-state index in [1.54, 1.807) is 0 Å². The maximum absolute atomic E-state index is 11.6. The number of aliphatic hydroxyl groups excluding tert-OH is 1. The molecule has 1 aromatic heterocycles. The van der Waals surface area contributed by atoms with Gasteiger partial charge >= 0.3 is 0 Å². The van der Waals surface area contributed by atoms with E-state index in [1.807, 2.05) is 24.7 Å². The van der Waals surface area contributed by atoms with Gasteiger partial charge in [-0.2, -0.15) is 0 Å². The minimum absolute atomic E-state index is 0.0895. The molecule has 2 aromatic rings. The van der Waals surface area contributed by atoms with Gasteiger partial charge in [0.25, 0.3) is 0 Å². The molecule has 1 N–H and O–H groups in total. The normalized spacial score (nSPS) is 30.5. The van der Waals surface area contributed by atoms with Gasteiger partial charge in [0.1, 0.15) is 0 Å². The maximum Gasteiger partial charge on any atom is 0.211 e. The van der Waals surface area contributed by atoms with Crippen LogP contribution in [0.1, 0.15) is 18.0 Å². The molecule has 0 bridgehead atoms. The van der Waals surface area contributed by atoms with Gasteiger partial charge in [-0.05, 0) is 12.0 Å². The first kappa shape index (κ1) is 14.6.